The zero-order chi connectivity index (χ0) is 12.6. The van der Waals surface area contributed by atoms with Crippen molar-refractivity contribution in [3.63, 3.8) is 0 Å². The molecule has 3 heteroatoms. The second-order valence-electron chi connectivity index (χ2n) is 5.69. The summed E-state index contributed by atoms with van der Waals surface area (Å²) in [5.41, 5.74) is 0.804. The van der Waals surface area contributed by atoms with E-state index in [9.17, 15) is 5.11 Å². The van der Waals surface area contributed by atoms with Crippen LogP contribution in [0.25, 0.3) is 0 Å². The molecule has 1 aromatic carbocycles. The molecule has 0 unspecified atom stereocenters. The number of piperidine rings is 1. The quantitative estimate of drug-likeness (QED) is 0.817. The molecule has 3 atom stereocenters. The Morgan fingerprint density at radius 1 is 1.17 bits per heavy atom. The van der Waals surface area contributed by atoms with Gasteiger partial charge in [-0.2, -0.15) is 0 Å². The Morgan fingerprint density at radius 3 is 2.72 bits per heavy atom. The van der Waals surface area contributed by atoms with Crippen molar-refractivity contribution in [1.82, 2.24) is 5.32 Å². The van der Waals surface area contributed by atoms with E-state index in [1.807, 2.05) is 12.1 Å². The topological polar surface area (TPSA) is 32.3 Å². The van der Waals surface area contributed by atoms with Gasteiger partial charge in [-0.15, -0.1) is 0 Å². The summed E-state index contributed by atoms with van der Waals surface area (Å²) < 4.78 is 0. The van der Waals surface area contributed by atoms with E-state index in [1.165, 1.54) is 18.4 Å². The molecule has 2 nitrogen and oxygen atoms in total. The molecule has 0 spiro atoms. The molecule has 0 amide bonds. The van der Waals surface area contributed by atoms with E-state index in [-0.39, 0.29) is 6.04 Å². The number of fused-ring (bicyclic) bond motifs is 1. The maximum Gasteiger partial charge on any atom is 0.0706 e. The summed E-state index contributed by atoms with van der Waals surface area (Å²) >= 11 is 5.95. The number of aliphatic hydroxyl groups is 1. The van der Waals surface area contributed by atoms with Crippen LogP contribution in [-0.4, -0.2) is 17.3 Å². The van der Waals surface area contributed by atoms with Gasteiger partial charge in [-0.3, -0.25) is 0 Å². The van der Waals surface area contributed by atoms with Gasteiger partial charge in [0.2, 0.25) is 0 Å². The van der Waals surface area contributed by atoms with E-state index in [0.29, 0.717) is 5.92 Å². The molecule has 1 saturated carbocycles. The van der Waals surface area contributed by atoms with Crippen molar-refractivity contribution in [3.05, 3.63) is 34.9 Å². The summed E-state index contributed by atoms with van der Waals surface area (Å²) in [4.78, 5) is 0. The number of rotatable bonds is 1. The van der Waals surface area contributed by atoms with Crippen molar-refractivity contribution in [3.8, 4) is 0 Å². The van der Waals surface area contributed by atoms with Crippen LogP contribution in [0.1, 0.15) is 43.7 Å². The molecular weight excluding hydrogens is 246 g/mol. The molecule has 0 radical (unpaired) electrons. The molecule has 98 valence electrons. The van der Waals surface area contributed by atoms with Crippen LogP contribution in [-0.2, 0) is 0 Å². The third-order valence-corrected chi connectivity index (χ3v) is 4.87. The lowest BCUT2D eigenvalue weighted by atomic mass is 9.67. The lowest BCUT2D eigenvalue weighted by Crippen LogP contribution is -2.53. The molecule has 0 bridgehead atoms. The maximum absolute atomic E-state index is 10.8. The van der Waals surface area contributed by atoms with Crippen molar-refractivity contribution < 1.29 is 5.11 Å². The van der Waals surface area contributed by atoms with Crippen LogP contribution >= 0.6 is 11.6 Å². The number of hydrogen-bond acceptors (Lipinski definition) is 2. The summed E-state index contributed by atoms with van der Waals surface area (Å²) in [6, 6.07) is 8.33. The minimum absolute atomic E-state index is 0.279. The molecule has 2 N–H and O–H groups in total. The molecule has 1 heterocycles. The van der Waals surface area contributed by atoms with Gasteiger partial charge < -0.3 is 10.4 Å². The van der Waals surface area contributed by atoms with Gasteiger partial charge in [-0.1, -0.05) is 36.6 Å². The molecular formula is C15H20ClNO. The summed E-state index contributed by atoms with van der Waals surface area (Å²) in [6.45, 7) is 0.903. The Morgan fingerprint density at radius 2 is 1.94 bits per heavy atom. The van der Waals surface area contributed by atoms with E-state index in [2.05, 4.69) is 17.4 Å². The second-order valence-corrected chi connectivity index (χ2v) is 6.13. The van der Waals surface area contributed by atoms with Gasteiger partial charge in [0.25, 0.3) is 0 Å². The van der Waals surface area contributed by atoms with Crippen molar-refractivity contribution in [2.75, 3.05) is 6.54 Å². The van der Waals surface area contributed by atoms with Crippen molar-refractivity contribution >= 4 is 11.6 Å². The molecule has 1 saturated heterocycles. The van der Waals surface area contributed by atoms with Crippen LogP contribution in [0.3, 0.4) is 0 Å². The molecule has 3 rings (SSSR count). The Kier molecular flexibility index (Phi) is 3.35. The minimum Gasteiger partial charge on any atom is -0.389 e. The van der Waals surface area contributed by atoms with Crippen molar-refractivity contribution in [1.29, 1.82) is 0 Å². The van der Waals surface area contributed by atoms with Gasteiger partial charge in [0.1, 0.15) is 0 Å². The van der Waals surface area contributed by atoms with E-state index >= 15 is 0 Å². The number of hydrogen-bond donors (Lipinski definition) is 2. The summed E-state index contributed by atoms with van der Waals surface area (Å²) in [7, 11) is 0. The fourth-order valence-corrected chi connectivity index (χ4v) is 3.77. The number of benzene rings is 1. The fraction of sp³-hybridized carbons (Fsp3) is 0.600. The summed E-state index contributed by atoms with van der Waals surface area (Å²) in [6.07, 6.45) is 5.38. The molecule has 1 aliphatic carbocycles. The van der Waals surface area contributed by atoms with Crippen LogP contribution < -0.4 is 5.32 Å². The van der Waals surface area contributed by atoms with Gasteiger partial charge in [0.05, 0.1) is 5.60 Å². The first-order valence-corrected chi connectivity index (χ1v) is 7.28. The Labute approximate surface area is 113 Å². The average Bonchev–Trinajstić information content (AvgIpc) is 2.38. The van der Waals surface area contributed by atoms with Gasteiger partial charge in [0.15, 0.2) is 0 Å². The monoisotopic (exact) mass is 265 g/mol. The first-order chi connectivity index (χ1) is 8.69. The van der Waals surface area contributed by atoms with Crippen LogP contribution in [0.15, 0.2) is 24.3 Å². The predicted octanol–water partition coefficient (Wildman–Crippen LogP) is 3.30. The predicted molar refractivity (Wildman–Crippen MR) is 73.7 cm³/mol. The third-order valence-electron chi connectivity index (χ3n) is 4.62. The van der Waals surface area contributed by atoms with E-state index < -0.39 is 5.60 Å². The van der Waals surface area contributed by atoms with E-state index in [4.69, 9.17) is 11.6 Å². The molecule has 2 aliphatic rings. The number of nitrogens with one attached hydrogen (secondary N) is 1. The summed E-state index contributed by atoms with van der Waals surface area (Å²) in [5, 5.41) is 15.2. The first kappa shape index (κ1) is 12.5. The molecule has 1 aliphatic heterocycles. The van der Waals surface area contributed by atoms with Crippen molar-refractivity contribution in [2.45, 2.75) is 43.7 Å². The summed E-state index contributed by atoms with van der Waals surface area (Å²) in [5.74, 6) is 0.348. The highest BCUT2D eigenvalue weighted by molar-refractivity contribution is 6.30. The van der Waals surface area contributed by atoms with Gasteiger partial charge in [0, 0.05) is 17.0 Å². The van der Waals surface area contributed by atoms with Gasteiger partial charge in [-0.25, -0.2) is 0 Å². The lowest BCUT2D eigenvalue weighted by Gasteiger charge is -2.48. The number of halogens is 1. The standard InChI is InChI=1S/C15H20ClNO/c16-12-6-4-11(5-7-12)14-13-3-1-2-8-15(13,18)9-10-17-14/h4-7,13-14,17-18H,1-3,8-10H2/t13-,14+,15+/m0/s1. The second kappa shape index (κ2) is 4.84. The lowest BCUT2D eigenvalue weighted by molar-refractivity contribution is -0.0861. The van der Waals surface area contributed by atoms with Crippen LogP contribution in [0.5, 0.6) is 0 Å². The Bertz CT molecular complexity index is 415. The minimum atomic E-state index is -0.451. The molecule has 0 aromatic heterocycles. The third kappa shape index (κ3) is 2.18. The van der Waals surface area contributed by atoms with E-state index in [0.717, 1.165) is 30.8 Å². The van der Waals surface area contributed by atoms with Crippen molar-refractivity contribution in [2.24, 2.45) is 5.92 Å². The Hall–Kier alpha value is -0.570. The van der Waals surface area contributed by atoms with Crippen LogP contribution in [0.4, 0.5) is 0 Å². The smallest absolute Gasteiger partial charge is 0.0706 e. The van der Waals surface area contributed by atoms with Crippen LogP contribution in [0.2, 0.25) is 5.02 Å². The maximum atomic E-state index is 10.8. The zero-order valence-electron chi connectivity index (χ0n) is 10.5. The fourth-order valence-electron chi connectivity index (χ4n) is 3.64. The van der Waals surface area contributed by atoms with Gasteiger partial charge >= 0.3 is 0 Å². The van der Waals surface area contributed by atoms with Gasteiger partial charge in [-0.05, 0) is 43.5 Å². The molecule has 2 fully saturated rings. The van der Waals surface area contributed by atoms with E-state index in [1.54, 1.807) is 0 Å². The normalized spacial score (nSPS) is 36.1. The highest BCUT2D eigenvalue weighted by Crippen LogP contribution is 2.45. The SMILES string of the molecule is O[C@@]12CCCC[C@H]1[C@@H](c1ccc(Cl)cc1)NCC2. The highest BCUT2D eigenvalue weighted by Gasteiger charge is 2.45. The highest BCUT2D eigenvalue weighted by atomic mass is 35.5. The zero-order valence-corrected chi connectivity index (χ0v) is 11.3. The first-order valence-electron chi connectivity index (χ1n) is 6.90. The average molecular weight is 266 g/mol. The largest absolute Gasteiger partial charge is 0.389 e. The molecule has 1 aromatic rings. The Balaban J connectivity index is 1.88. The van der Waals surface area contributed by atoms with Crippen LogP contribution in [0, 0.1) is 5.92 Å². The molecule has 18 heavy (non-hydrogen) atoms.